The topological polar surface area (TPSA) is 105 Å². The number of amides is 2. The van der Waals surface area contributed by atoms with Crippen LogP contribution < -0.4 is 19.1 Å². The minimum atomic E-state index is -3.86. The summed E-state index contributed by atoms with van der Waals surface area (Å²) in [4.78, 5) is 28.6. The van der Waals surface area contributed by atoms with Crippen molar-refractivity contribution in [1.82, 2.24) is 10.2 Å². The molecule has 1 aliphatic heterocycles. The Kier molecular flexibility index (Phi) is 9.08. The Morgan fingerprint density at radius 1 is 0.897 bits per heavy atom. The summed E-state index contributed by atoms with van der Waals surface area (Å²) in [5.74, 6) is -0.131. The zero-order valence-corrected chi connectivity index (χ0v) is 22.9. The number of likely N-dealkylation sites (N-methyl/N-ethyl adjacent to an activating group) is 1. The molecule has 4 rings (SSSR count). The molecular weight excluding hydrogens is 518 g/mol. The van der Waals surface area contributed by atoms with Crippen LogP contribution in [-0.4, -0.2) is 63.7 Å². The van der Waals surface area contributed by atoms with Crippen molar-refractivity contribution in [3.05, 3.63) is 90.0 Å². The first kappa shape index (κ1) is 28.0. The molecule has 0 aliphatic carbocycles. The summed E-state index contributed by atoms with van der Waals surface area (Å²) in [6, 6.07) is 22.7. The summed E-state index contributed by atoms with van der Waals surface area (Å²) in [6.45, 7) is 1.92. The molecule has 0 radical (unpaired) electrons. The molecule has 3 aromatic carbocycles. The van der Waals surface area contributed by atoms with Crippen molar-refractivity contribution in [3.8, 4) is 11.5 Å². The Morgan fingerprint density at radius 3 is 2.13 bits per heavy atom. The molecule has 3 aromatic rings. The highest BCUT2D eigenvalue weighted by molar-refractivity contribution is 7.92. The van der Waals surface area contributed by atoms with Gasteiger partial charge in [0.05, 0.1) is 11.4 Å². The zero-order chi connectivity index (χ0) is 27.8. The maximum atomic E-state index is 14.0. The van der Waals surface area contributed by atoms with E-state index in [9.17, 15) is 18.0 Å². The molecule has 1 aliphatic rings. The van der Waals surface area contributed by atoms with E-state index in [0.29, 0.717) is 24.7 Å². The van der Waals surface area contributed by atoms with Crippen molar-refractivity contribution in [2.24, 2.45) is 0 Å². The van der Waals surface area contributed by atoms with Crippen LogP contribution >= 0.6 is 0 Å². The van der Waals surface area contributed by atoms with E-state index in [1.807, 2.05) is 60.7 Å². The number of benzene rings is 3. The normalized spacial score (nSPS) is 13.3. The molecule has 0 spiro atoms. The number of sulfonamides is 1. The highest BCUT2D eigenvalue weighted by atomic mass is 32.2. The highest BCUT2D eigenvalue weighted by Crippen LogP contribution is 2.35. The number of rotatable bonds is 11. The molecule has 39 heavy (non-hydrogen) atoms. The summed E-state index contributed by atoms with van der Waals surface area (Å²) < 4.78 is 38.8. The second kappa shape index (κ2) is 12.7. The molecule has 10 heteroatoms. The van der Waals surface area contributed by atoms with Gasteiger partial charge in [-0.15, -0.1) is 0 Å². The van der Waals surface area contributed by atoms with E-state index in [-0.39, 0.29) is 30.3 Å². The van der Waals surface area contributed by atoms with E-state index in [1.165, 1.54) is 18.9 Å². The molecule has 0 saturated carbocycles. The fourth-order valence-corrected chi connectivity index (χ4v) is 5.46. The number of nitrogens with one attached hydrogen (secondary N) is 1. The molecule has 0 fully saturated rings. The van der Waals surface area contributed by atoms with Gasteiger partial charge in [-0.3, -0.25) is 13.9 Å². The van der Waals surface area contributed by atoms with Gasteiger partial charge in [-0.25, -0.2) is 8.42 Å². The largest absolute Gasteiger partial charge is 0.486 e. The van der Waals surface area contributed by atoms with E-state index in [4.69, 9.17) is 9.47 Å². The standard InChI is InChI=1S/C29H33N3O6S/c1-3-39(35,36)32(24-14-15-26-27(19-24)38-17-16-37-26)21-28(33)31(20-23-12-8-5-9-13-23)25(29(34)30-2)18-22-10-6-4-7-11-22/h4-15,19,25H,3,16-18,20-21H2,1-2H3,(H,30,34)/t25-/m1/s1. The first-order chi connectivity index (χ1) is 18.8. The minimum Gasteiger partial charge on any atom is -0.486 e. The Labute approximate surface area is 229 Å². The van der Waals surface area contributed by atoms with E-state index >= 15 is 0 Å². The zero-order valence-electron chi connectivity index (χ0n) is 22.1. The van der Waals surface area contributed by atoms with Crippen LogP contribution in [0.3, 0.4) is 0 Å². The summed E-state index contributed by atoms with van der Waals surface area (Å²) in [5, 5.41) is 2.67. The van der Waals surface area contributed by atoms with Crippen molar-refractivity contribution < 1.29 is 27.5 Å². The van der Waals surface area contributed by atoms with Crippen molar-refractivity contribution in [2.45, 2.75) is 25.9 Å². The molecule has 1 heterocycles. The van der Waals surface area contributed by atoms with Crippen LogP contribution in [0.4, 0.5) is 5.69 Å². The lowest BCUT2D eigenvalue weighted by Gasteiger charge is -2.33. The van der Waals surface area contributed by atoms with Gasteiger partial charge in [-0.2, -0.15) is 0 Å². The molecule has 206 valence electrons. The number of hydrogen-bond acceptors (Lipinski definition) is 6. The molecule has 2 amide bonds. The SMILES string of the molecule is CCS(=O)(=O)N(CC(=O)N(Cc1ccccc1)[C@H](Cc1ccccc1)C(=O)NC)c1ccc2c(c1)OCCO2. The van der Waals surface area contributed by atoms with Crippen molar-refractivity contribution >= 4 is 27.5 Å². The molecule has 0 aromatic heterocycles. The van der Waals surface area contributed by atoms with Crippen molar-refractivity contribution in [2.75, 3.05) is 36.9 Å². The fraction of sp³-hybridized carbons (Fsp3) is 0.310. The van der Waals surface area contributed by atoms with Crippen LogP contribution in [0.5, 0.6) is 11.5 Å². The molecule has 0 bridgehead atoms. The number of carbonyl (C=O) groups excluding carboxylic acids is 2. The fourth-order valence-electron chi connectivity index (χ4n) is 4.41. The van der Waals surface area contributed by atoms with Gasteiger partial charge in [-0.1, -0.05) is 60.7 Å². The summed E-state index contributed by atoms with van der Waals surface area (Å²) >= 11 is 0. The quantitative estimate of drug-likeness (QED) is 0.393. The van der Waals surface area contributed by atoms with Gasteiger partial charge in [0.1, 0.15) is 25.8 Å². The molecule has 1 N–H and O–H groups in total. The lowest BCUT2D eigenvalue weighted by Crippen LogP contribution is -2.53. The maximum absolute atomic E-state index is 14.0. The molecular formula is C29H33N3O6S. The van der Waals surface area contributed by atoms with E-state index in [1.54, 1.807) is 18.2 Å². The summed E-state index contributed by atoms with van der Waals surface area (Å²) in [5.41, 5.74) is 1.98. The van der Waals surface area contributed by atoms with Gasteiger partial charge >= 0.3 is 0 Å². The van der Waals surface area contributed by atoms with Crippen LogP contribution in [0.25, 0.3) is 0 Å². The first-order valence-corrected chi connectivity index (χ1v) is 14.4. The van der Waals surface area contributed by atoms with Crippen molar-refractivity contribution in [3.63, 3.8) is 0 Å². The van der Waals surface area contributed by atoms with Gasteiger partial charge in [0.2, 0.25) is 21.8 Å². The summed E-state index contributed by atoms with van der Waals surface area (Å²) in [7, 11) is -2.34. The van der Waals surface area contributed by atoms with Crippen LogP contribution in [-0.2, 0) is 32.6 Å². The second-order valence-corrected chi connectivity index (χ2v) is 11.2. The van der Waals surface area contributed by atoms with Gasteiger partial charge in [-0.05, 0) is 30.2 Å². The van der Waals surface area contributed by atoms with E-state index < -0.39 is 28.5 Å². The lowest BCUT2D eigenvalue weighted by molar-refractivity contribution is -0.139. The number of fused-ring (bicyclic) bond motifs is 1. The number of hydrogen-bond donors (Lipinski definition) is 1. The maximum Gasteiger partial charge on any atom is 0.244 e. The van der Waals surface area contributed by atoms with E-state index in [2.05, 4.69) is 5.32 Å². The average molecular weight is 552 g/mol. The van der Waals surface area contributed by atoms with Crippen LogP contribution in [0.2, 0.25) is 0 Å². The van der Waals surface area contributed by atoms with Gasteiger partial charge in [0.15, 0.2) is 11.5 Å². The Morgan fingerprint density at radius 2 is 1.51 bits per heavy atom. The third-order valence-corrected chi connectivity index (χ3v) is 8.25. The van der Waals surface area contributed by atoms with Gasteiger partial charge in [0, 0.05) is 26.1 Å². The second-order valence-electron chi connectivity index (χ2n) is 9.06. The molecule has 0 saturated heterocycles. The predicted octanol–water partition coefficient (Wildman–Crippen LogP) is 3.00. The van der Waals surface area contributed by atoms with Gasteiger partial charge < -0.3 is 19.7 Å². The molecule has 1 atom stereocenters. The van der Waals surface area contributed by atoms with E-state index in [0.717, 1.165) is 15.4 Å². The minimum absolute atomic E-state index is 0.131. The molecule has 9 nitrogen and oxygen atoms in total. The number of anilines is 1. The highest BCUT2D eigenvalue weighted by Gasteiger charge is 2.33. The van der Waals surface area contributed by atoms with Gasteiger partial charge in [0.25, 0.3) is 0 Å². The number of carbonyl (C=O) groups is 2. The third kappa shape index (κ3) is 6.88. The summed E-state index contributed by atoms with van der Waals surface area (Å²) in [6.07, 6.45) is 0.267. The first-order valence-electron chi connectivity index (χ1n) is 12.8. The smallest absolute Gasteiger partial charge is 0.244 e. The van der Waals surface area contributed by atoms with Crippen LogP contribution in [0.1, 0.15) is 18.1 Å². The van der Waals surface area contributed by atoms with Crippen LogP contribution in [0.15, 0.2) is 78.9 Å². The monoisotopic (exact) mass is 551 g/mol. The lowest BCUT2D eigenvalue weighted by atomic mass is 10.0. The van der Waals surface area contributed by atoms with Crippen molar-refractivity contribution in [1.29, 1.82) is 0 Å². The predicted molar refractivity (Wildman–Crippen MR) is 149 cm³/mol. The molecule has 0 unspecified atom stereocenters. The van der Waals surface area contributed by atoms with Crippen LogP contribution in [0, 0.1) is 0 Å². The third-order valence-electron chi connectivity index (χ3n) is 6.51. The average Bonchev–Trinajstić information content (AvgIpc) is 2.97. The Bertz CT molecular complexity index is 1380. The number of ether oxygens (including phenoxy) is 2. The number of nitrogens with zero attached hydrogens (tertiary/aromatic N) is 2. The Balaban J connectivity index is 1.71. The Hall–Kier alpha value is -4.05.